The summed E-state index contributed by atoms with van der Waals surface area (Å²) < 4.78 is 66.1. The molecule has 0 saturated carbocycles. The molecular weight excluding hydrogens is 379 g/mol. The molecule has 3 aliphatic rings. The highest BCUT2D eigenvalue weighted by Gasteiger charge is 2.52. The molecule has 1 aromatic carbocycles. The molecule has 1 saturated heterocycles. The summed E-state index contributed by atoms with van der Waals surface area (Å²) in [4.78, 5) is 14.1. The minimum atomic E-state index is -4.22. The Hall–Kier alpha value is -2.38. The van der Waals surface area contributed by atoms with Gasteiger partial charge in [-0.25, -0.2) is 8.78 Å². The largest absolute Gasteiger partial charge is 0.392 e. The van der Waals surface area contributed by atoms with E-state index in [1.54, 1.807) is 11.8 Å². The van der Waals surface area contributed by atoms with E-state index in [0.717, 1.165) is 6.07 Å². The number of benzene rings is 1. The molecule has 2 aliphatic heterocycles. The fraction of sp³-hybridized carbons (Fsp3) is 0.450. The van der Waals surface area contributed by atoms with Gasteiger partial charge in [0, 0.05) is 29.8 Å². The Kier molecular flexibility index (Phi) is 4.47. The molecule has 0 bridgehead atoms. The highest BCUT2D eigenvalue weighted by atomic mass is 19.4. The molecule has 2 heterocycles. The highest BCUT2D eigenvalue weighted by molar-refractivity contribution is 5.91. The van der Waals surface area contributed by atoms with Crippen LogP contribution in [0.3, 0.4) is 0 Å². The molecule has 4 atom stereocenters. The van der Waals surface area contributed by atoms with E-state index >= 15 is 0 Å². The van der Waals surface area contributed by atoms with Crippen molar-refractivity contribution in [2.45, 2.75) is 50.5 Å². The monoisotopic (exact) mass is 398 g/mol. The normalized spacial score (nSPS) is 30.1. The van der Waals surface area contributed by atoms with Gasteiger partial charge in [-0.05, 0) is 43.4 Å². The van der Waals surface area contributed by atoms with Gasteiger partial charge in [0.05, 0.1) is 5.92 Å². The van der Waals surface area contributed by atoms with Crippen molar-refractivity contribution in [2.75, 3.05) is 0 Å². The second-order valence-corrected chi connectivity index (χ2v) is 7.57. The lowest BCUT2D eigenvalue weighted by Crippen LogP contribution is -2.70. The minimum absolute atomic E-state index is 0.0245. The molecule has 1 amide bonds. The number of fused-ring (bicyclic) bond motifs is 1. The van der Waals surface area contributed by atoms with E-state index in [1.807, 2.05) is 0 Å². The Bertz CT molecular complexity index is 876. The first-order valence-corrected chi connectivity index (χ1v) is 9.18. The van der Waals surface area contributed by atoms with Crippen LogP contribution in [0.5, 0.6) is 0 Å². The van der Waals surface area contributed by atoms with Crippen LogP contribution in [-0.4, -0.2) is 29.2 Å². The summed E-state index contributed by atoms with van der Waals surface area (Å²) in [5, 5.41) is 3.18. The highest BCUT2D eigenvalue weighted by Crippen LogP contribution is 2.44. The summed E-state index contributed by atoms with van der Waals surface area (Å²) in [7, 11) is 0. The molecular formula is C20H19F5N2O. The predicted molar refractivity (Wildman–Crippen MR) is 91.9 cm³/mol. The lowest BCUT2D eigenvalue weighted by molar-refractivity contribution is -0.176. The number of amides is 1. The Balaban J connectivity index is 1.56. The second kappa shape index (κ2) is 6.60. The molecule has 28 heavy (non-hydrogen) atoms. The SMILES string of the molecule is CC1C(c2ccc(F)cc2F)C2NC(C3=CCC(C(F)(F)F)CC3)=CC(=O)N12. The molecule has 0 aromatic heterocycles. The van der Waals surface area contributed by atoms with Crippen LogP contribution < -0.4 is 5.32 Å². The lowest BCUT2D eigenvalue weighted by atomic mass is 9.77. The van der Waals surface area contributed by atoms with Gasteiger partial charge in [-0.15, -0.1) is 0 Å². The van der Waals surface area contributed by atoms with E-state index in [9.17, 15) is 26.7 Å². The maximum absolute atomic E-state index is 14.3. The molecule has 0 spiro atoms. The van der Waals surface area contributed by atoms with E-state index in [-0.39, 0.29) is 37.1 Å². The summed E-state index contributed by atoms with van der Waals surface area (Å²) in [5.74, 6) is -3.35. The van der Waals surface area contributed by atoms with E-state index in [0.29, 0.717) is 16.8 Å². The van der Waals surface area contributed by atoms with Crippen LogP contribution in [0.25, 0.3) is 0 Å². The molecule has 1 fully saturated rings. The van der Waals surface area contributed by atoms with E-state index in [2.05, 4.69) is 5.32 Å². The van der Waals surface area contributed by atoms with Crippen molar-refractivity contribution >= 4 is 5.91 Å². The number of hydrogen-bond acceptors (Lipinski definition) is 2. The van der Waals surface area contributed by atoms with Crippen molar-refractivity contribution in [3.8, 4) is 0 Å². The third-order valence-corrected chi connectivity index (χ3v) is 5.97. The van der Waals surface area contributed by atoms with Crippen LogP contribution in [0.15, 0.2) is 41.6 Å². The molecule has 1 N–H and O–H groups in total. The van der Waals surface area contributed by atoms with Crippen LogP contribution >= 0.6 is 0 Å². The number of rotatable bonds is 2. The zero-order valence-electron chi connectivity index (χ0n) is 15.1. The molecule has 1 aromatic rings. The third-order valence-electron chi connectivity index (χ3n) is 5.97. The zero-order chi connectivity index (χ0) is 20.2. The molecule has 0 radical (unpaired) electrons. The van der Waals surface area contributed by atoms with Crippen LogP contribution in [0, 0.1) is 17.6 Å². The second-order valence-electron chi connectivity index (χ2n) is 7.57. The molecule has 1 aliphatic carbocycles. The molecule has 8 heteroatoms. The first-order valence-electron chi connectivity index (χ1n) is 9.18. The average Bonchev–Trinajstić information content (AvgIpc) is 2.62. The Morgan fingerprint density at radius 1 is 1.21 bits per heavy atom. The summed E-state index contributed by atoms with van der Waals surface area (Å²) in [5.41, 5.74) is 1.48. The number of allylic oxidation sites excluding steroid dienone is 2. The molecule has 4 unspecified atom stereocenters. The van der Waals surface area contributed by atoms with E-state index in [1.165, 1.54) is 24.3 Å². The standard InChI is InChI=1S/C20H19F5N2O/c1-10-18(14-7-6-13(21)8-15(14)22)19-26-16(9-17(28)27(10)19)11-2-4-12(5-3-11)20(23,24)25/h2,6-10,12,18-19,26H,3-5H2,1H3. The number of nitrogens with zero attached hydrogens (tertiary/aromatic N) is 1. The smallest absolute Gasteiger partial charge is 0.364 e. The maximum atomic E-state index is 14.3. The van der Waals surface area contributed by atoms with Crippen molar-refractivity contribution in [3.05, 3.63) is 58.8 Å². The topological polar surface area (TPSA) is 32.3 Å². The van der Waals surface area contributed by atoms with Gasteiger partial charge in [0.15, 0.2) is 0 Å². The van der Waals surface area contributed by atoms with Gasteiger partial charge < -0.3 is 10.2 Å². The summed E-state index contributed by atoms with van der Waals surface area (Å²) in [6.45, 7) is 1.79. The third kappa shape index (κ3) is 3.08. The minimum Gasteiger partial charge on any atom is -0.364 e. The molecule has 3 nitrogen and oxygen atoms in total. The Labute approximate surface area is 158 Å². The number of nitrogens with one attached hydrogen (secondary N) is 1. The van der Waals surface area contributed by atoms with Crippen molar-refractivity contribution in [1.29, 1.82) is 0 Å². The quantitative estimate of drug-likeness (QED) is 0.750. The molecule has 4 rings (SSSR count). The summed E-state index contributed by atoms with van der Waals surface area (Å²) >= 11 is 0. The van der Waals surface area contributed by atoms with Gasteiger partial charge in [0.2, 0.25) is 0 Å². The van der Waals surface area contributed by atoms with Gasteiger partial charge in [0.25, 0.3) is 5.91 Å². The van der Waals surface area contributed by atoms with Crippen LogP contribution in [0.4, 0.5) is 22.0 Å². The van der Waals surface area contributed by atoms with Crippen molar-refractivity contribution in [2.24, 2.45) is 5.92 Å². The maximum Gasteiger partial charge on any atom is 0.392 e. The van der Waals surface area contributed by atoms with Gasteiger partial charge in [-0.1, -0.05) is 12.1 Å². The number of hydrogen-bond donors (Lipinski definition) is 1. The predicted octanol–water partition coefficient (Wildman–Crippen LogP) is 4.38. The average molecular weight is 398 g/mol. The van der Waals surface area contributed by atoms with Gasteiger partial charge in [0.1, 0.15) is 17.8 Å². The van der Waals surface area contributed by atoms with Gasteiger partial charge in [-0.3, -0.25) is 4.79 Å². The number of carbonyl (C=O) groups is 1. The first kappa shape index (κ1) is 19.0. The van der Waals surface area contributed by atoms with Crippen LogP contribution in [-0.2, 0) is 4.79 Å². The van der Waals surface area contributed by atoms with E-state index in [4.69, 9.17) is 0 Å². The fourth-order valence-corrected chi connectivity index (χ4v) is 4.42. The Morgan fingerprint density at radius 3 is 2.57 bits per heavy atom. The lowest BCUT2D eigenvalue weighted by Gasteiger charge is -2.56. The first-order chi connectivity index (χ1) is 13.2. The number of alkyl halides is 3. The van der Waals surface area contributed by atoms with Crippen molar-refractivity contribution < 1.29 is 26.7 Å². The number of carbonyl (C=O) groups excluding carboxylic acids is 1. The van der Waals surface area contributed by atoms with Crippen molar-refractivity contribution in [3.63, 3.8) is 0 Å². The summed E-state index contributed by atoms with van der Waals surface area (Å²) in [6, 6.07) is 3.09. The Morgan fingerprint density at radius 2 is 1.96 bits per heavy atom. The van der Waals surface area contributed by atoms with Crippen LogP contribution in [0.1, 0.15) is 37.7 Å². The summed E-state index contributed by atoms with van der Waals surface area (Å²) in [6.07, 6.45) is -1.74. The van der Waals surface area contributed by atoms with E-state index < -0.39 is 29.9 Å². The number of halogens is 5. The van der Waals surface area contributed by atoms with Gasteiger partial charge in [-0.2, -0.15) is 13.2 Å². The fourth-order valence-electron chi connectivity index (χ4n) is 4.42. The molecule has 150 valence electrons. The zero-order valence-corrected chi connectivity index (χ0v) is 15.1. The van der Waals surface area contributed by atoms with Gasteiger partial charge >= 0.3 is 6.18 Å². The van der Waals surface area contributed by atoms with Crippen molar-refractivity contribution in [1.82, 2.24) is 10.2 Å². The van der Waals surface area contributed by atoms with Crippen LogP contribution in [0.2, 0.25) is 0 Å².